The maximum atomic E-state index is 7.42. The number of methoxy groups -OCH3 is 1. The average Bonchev–Trinajstić information content (AvgIpc) is 2.29. The zero-order valence-electron chi connectivity index (χ0n) is 8.53. The van der Waals surface area contributed by atoms with Gasteiger partial charge in [-0.25, -0.2) is 5.90 Å². The molecular weight excluding hydrogens is 196 g/mol. The number of benzene rings is 1. The molecule has 5 heteroatoms. The Morgan fingerprint density at radius 1 is 1.27 bits per heavy atom. The van der Waals surface area contributed by atoms with Crippen molar-refractivity contribution in [3.63, 3.8) is 0 Å². The molecule has 0 saturated carbocycles. The van der Waals surface area contributed by atoms with E-state index < -0.39 is 0 Å². The van der Waals surface area contributed by atoms with Crippen LogP contribution in [0, 0.1) is 5.41 Å². The summed E-state index contributed by atoms with van der Waals surface area (Å²) < 4.78 is 10.1. The summed E-state index contributed by atoms with van der Waals surface area (Å²) in [6.45, 7) is 0.743. The van der Waals surface area contributed by atoms with E-state index >= 15 is 0 Å². The van der Waals surface area contributed by atoms with Gasteiger partial charge < -0.3 is 14.3 Å². The van der Waals surface area contributed by atoms with Crippen molar-refractivity contribution in [2.24, 2.45) is 5.90 Å². The number of nitrogens with two attached hydrogens (primary N) is 1. The van der Waals surface area contributed by atoms with E-state index in [2.05, 4.69) is 4.84 Å². The molecule has 0 aliphatic rings. The van der Waals surface area contributed by atoms with Gasteiger partial charge in [-0.3, -0.25) is 5.41 Å². The topological polar surface area (TPSA) is 77.6 Å². The largest absolute Gasteiger partial charge is 0.491 e. The standard InChI is InChI=1S/C10H14N2O3/c1-13-10(11)8-2-4-9(5-3-8)14-6-7-15-12/h2-5,11H,6-7,12H2,1H3. The second-order valence-electron chi connectivity index (χ2n) is 2.78. The molecule has 15 heavy (non-hydrogen) atoms. The first kappa shape index (κ1) is 11.5. The first-order valence-corrected chi connectivity index (χ1v) is 4.45. The first-order valence-electron chi connectivity index (χ1n) is 4.45. The van der Waals surface area contributed by atoms with Crippen molar-refractivity contribution >= 4 is 5.90 Å². The van der Waals surface area contributed by atoms with Crippen LogP contribution in [0.25, 0.3) is 0 Å². The van der Waals surface area contributed by atoms with E-state index in [9.17, 15) is 0 Å². The van der Waals surface area contributed by atoms with E-state index in [0.29, 0.717) is 24.5 Å². The van der Waals surface area contributed by atoms with Gasteiger partial charge in [0.25, 0.3) is 0 Å². The van der Waals surface area contributed by atoms with E-state index in [0.717, 1.165) is 0 Å². The summed E-state index contributed by atoms with van der Waals surface area (Å²) >= 11 is 0. The normalized spacial score (nSPS) is 9.73. The fourth-order valence-electron chi connectivity index (χ4n) is 1.03. The SMILES string of the molecule is COC(=N)c1ccc(OCCON)cc1. The summed E-state index contributed by atoms with van der Waals surface area (Å²) in [7, 11) is 1.46. The molecule has 0 aromatic heterocycles. The van der Waals surface area contributed by atoms with E-state index in [1.165, 1.54) is 7.11 Å². The lowest BCUT2D eigenvalue weighted by atomic mass is 10.2. The Kier molecular flexibility index (Phi) is 4.59. The van der Waals surface area contributed by atoms with Gasteiger partial charge in [0.2, 0.25) is 5.90 Å². The lowest BCUT2D eigenvalue weighted by Crippen LogP contribution is -2.10. The third-order valence-corrected chi connectivity index (χ3v) is 1.79. The molecule has 1 aromatic rings. The van der Waals surface area contributed by atoms with Crippen LogP contribution in [0.3, 0.4) is 0 Å². The van der Waals surface area contributed by atoms with Gasteiger partial charge in [0.05, 0.1) is 7.11 Å². The second-order valence-corrected chi connectivity index (χ2v) is 2.78. The molecule has 0 aliphatic carbocycles. The molecule has 0 fully saturated rings. The quantitative estimate of drug-likeness (QED) is 0.328. The van der Waals surface area contributed by atoms with Gasteiger partial charge in [0, 0.05) is 5.56 Å². The van der Waals surface area contributed by atoms with Crippen molar-refractivity contribution in [3.05, 3.63) is 29.8 Å². The highest BCUT2D eigenvalue weighted by atomic mass is 16.6. The molecule has 0 heterocycles. The summed E-state index contributed by atoms with van der Waals surface area (Å²) in [4.78, 5) is 4.36. The Labute approximate surface area is 88.2 Å². The second kappa shape index (κ2) is 6.00. The smallest absolute Gasteiger partial charge is 0.212 e. The summed E-state index contributed by atoms with van der Waals surface area (Å²) in [5.74, 6) is 5.69. The minimum Gasteiger partial charge on any atom is -0.491 e. The number of ether oxygens (including phenoxy) is 2. The molecule has 1 aromatic carbocycles. The van der Waals surface area contributed by atoms with Gasteiger partial charge in [-0.1, -0.05) is 0 Å². The maximum Gasteiger partial charge on any atom is 0.212 e. The third kappa shape index (κ3) is 3.57. The molecule has 5 nitrogen and oxygen atoms in total. The van der Waals surface area contributed by atoms with E-state index in [-0.39, 0.29) is 5.90 Å². The highest BCUT2D eigenvalue weighted by molar-refractivity contribution is 5.91. The molecule has 0 aliphatic heterocycles. The summed E-state index contributed by atoms with van der Waals surface area (Å²) in [6, 6.07) is 7.04. The number of hydrogen-bond donors (Lipinski definition) is 2. The van der Waals surface area contributed by atoms with Gasteiger partial charge in [-0.05, 0) is 24.3 Å². The van der Waals surface area contributed by atoms with E-state index in [1.54, 1.807) is 24.3 Å². The van der Waals surface area contributed by atoms with Crippen molar-refractivity contribution in [1.29, 1.82) is 5.41 Å². The van der Waals surface area contributed by atoms with Crippen LogP contribution in [0.15, 0.2) is 24.3 Å². The summed E-state index contributed by atoms with van der Waals surface area (Å²) in [6.07, 6.45) is 0. The van der Waals surface area contributed by atoms with Gasteiger partial charge in [0.1, 0.15) is 19.0 Å². The molecule has 0 bridgehead atoms. The Morgan fingerprint density at radius 3 is 2.47 bits per heavy atom. The molecule has 0 spiro atoms. The van der Waals surface area contributed by atoms with Crippen LogP contribution < -0.4 is 10.6 Å². The van der Waals surface area contributed by atoms with Gasteiger partial charge in [-0.2, -0.15) is 0 Å². The van der Waals surface area contributed by atoms with Crippen molar-refractivity contribution in [2.75, 3.05) is 20.3 Å². The molecule has 1 rings (SSSR count). The average molecular weight is 210 g/mol. The lowest BCUT2D eigenvalue weighted by molar-refractivity contribution is 0.102. The fraction of sp³-hybridized carbons (Fsp3) is 0.300. The van der Waals surface area contributed by atoms with Crippen molar-refractivity contribution in [2.45, 2.75) is 0 Å². The molecular formula is C10H14N2O3. The molecule has 0 amide bonds. The third-order valence-electron chi connectivity index (χ3n) is 1.79. The van der Waals surface area contributed by atoms with Crippen molar-refractivity contribution in [3.8, 4) is 5.75 Å². The molecule has 0 saturated heterocycles. The Bertz CT molecular complexity index is 311. The van der Waals surface area contributed by atoms with Crippen LogP contribution in [-0.2, 0) is 9.57 Å². The zero-order chi connectivity index (χ0) is 11.1. The fourth-order valence-corrected chi connectivity index (χ4v) is 1.03. The first-order chi connectivity index (χ1) is 7.27. The number of rotatable bonds is 5. The Morgan fingerprint density at radius 2 is 1.93 bits per heavy atom. The monoisotopic (exact) mass is 210 g/mol. The van der Waals surface area contributed by atoms with Crippen LogP contribution >= 0.6 is 0 Å². The van der Waals surface area contributed by atoms with Crippen LogP contribution in [0.1, 0.15) is 5.56 Å². The maximum absolute atomic E-state index is 7.42. The highest BCUT2D eigenvalue weighted by Crippen LogP contribution is 2.12. The Hall–Kier alpha value is -1.59. The predicted molar refractivity (Wildman–Crippen MR) is 55.9 cm³/mol. The van der Waals surface area contributed by atoms with Crippen LogP contribution in [0.4, 0.5) is 0 Å². The van der Waals surface area contributed by atoms with E-state index in [4.69, 9.17) is 20.8 Å². The molecule has 0 unspecified atom stereocenters. The number of nitrogens with one attached hydrogen (secondary N) is 1. The number of hydrogen-bond acceptors (Lipinski definition) is 5. The van der Waals surface area contributed by atoms with Gasteiger partial charge in [0.15, 0.2) is 0 Å². The predicted octanol–water partition coefficient (Wildman–Crippen LogP) is 0.927. The van der Waals surface area contributed by atoms with Gasteiger partial charge >= 0.3 is 0 Å². The molecule has 3 N–H and O–H groups in total. The lowest BCUT2D eigenvalue weighted by Gasteiger charge is -2.06. The van der Waals surface area contributed by atoms with Crippen molar-refractivity contribution in [1.82, 2.24) is 0 Å². The summed E-state index contributed by atoms with van der Waals surface area (Å²) in [5.41, 5.74) is 0.708. The Balaban J connectivity index is 2.52. The minimum absolute atomic E-state index is 0.131. The van der Waals surface area contributed by atoms with Gasteiger partial charge in [-0.15, -0.1) is 0 Å². The molecule has 82 valence electrons. The summed E-state index contributed by atoms with van der Waals surface area (Å²) in [5, 5.41) is 7.42. The molecule has 0 atom stereocenters. The molecule has 0 radical (unpaired) electrons. The van der Waals surface area contributed by atoms with Crippen LogP contribution in [-0.4, -0.2) is 26.2 Å². The zero-order valence-corrected chi connectivity index (χ0v) is 8.53. The van der Waals surface area contributed by atoms with Crippen LogP contribution in [0.2, 0.25) is 0 Å². The van der Waals surface area contributed by atoms with Crippen molar-refractivity contribution < 1.29 is 14.3 Å². The highest BCUT2D eigenvalue weighted by Gasteiger charge is 2.00. The van der Waals surface area contributed by atoms with E-state index in [1.807, 2.05) is 0 Å². The minimum atomic E-state index is 0.131. The van der Waals surface area contributed by atoms with Crippen LogP contribution in [0.5, 0.6) is 5.75 Å².